The van der Waals surface area contributed by atoms with Gasteiger partial charge in [0.15, 0.2) is 0 Å². The Morgan fingerprint density at radius 3 is 1.35 bits per heavy atom. The van der Waals surface area contributed by atoms with Crippen molar-refractivity contribution in [1.82, 2.24) is 0 Å². The first-order chi connectivity index (χ1) is 12.5. The molecule has 152 valence electrons. The molecule has 0 saturated carbocycles. The third-order valence-corrected chi connectivity index (χ3v) is 5.16. The van der Waals surface area contributed by atoms with Gasteiger partial charge >= 0.3 is 11.9 Å². The largest absolute Gasteiger partial charge is 0.478 e. The Kier molecular flexibility index (Phi) is 15.3. The van der Waals surface area contributed by atoms with Crippen LogP contribution in [0.15, 0.2) is 12.2 Å². The zero-order valence-corrected chi connectivity index (χ0v) is 17.5. The van der Waals surface area contributed by atoms with E-state index in [4.69, 9.17) is 5.11 Å². The highest BCUT2D eigenvalue weighted by molar-refractivity contribution is 5.90. The second-order valence-electron chi connectivity index (χ2n) is 7.51. The van der Waals surface area contributed by atoms with Gasteiger partial charge in [0.25, 0.3) is 0 Å². The highest BCUT2D eigenvalue weighted by atomic mass is 16.4. The molecule has 0 heterocycles. The lowest BCUT2D eigenvalue weighted by atomic mass is 10.1. The summed E-state index contributed by atoms with van der Waals surface area (Å²) >= 11 is 0. The van der Waals surface area contributed by atoms with Crippen molar-refractivity contribution in [3.8, 4) is 0 Å². The number of hydrogen-bond acceptors (Lipinski definition) is 2. The molecule has 0 rings (SSSR count). The van der Waals surface area contributed by atoms with Crippen LogP contribution in [0.25, 0.3) is 0 Å². The number of rotatable bonds is 17. The maximum atomic E-state index is 13.0. The van der Waals surface area contributed by atoms with Gasteiger partial charge in [-0.25, -0.2) is 9.59 Å². The molecule has 4 heteroatoms. The van der Waals surface area contributed by atoms with Gasteiger partial charge in [-0.3, -0.25) is 4.48 Å². The lowest BCUT2D eigenvalue weighted by Gasteiger charge is -2.35. The molecule has 26 heavy (non-hydrogen) atoms. The Morgan fingerprint density at radius 2 is 1.04 bits per heavy atom. The van der Waals surface area contributed by atoms with Crippen LogP contribution in [0.1, 0.15) is 97.8 Å². The van der Waals surface area contributed by atoms with Gasteiger partial charge in [-0.2, -0.15) is 0 Å². The smallest absolute Gasteiger partial charge is 0.338 e. The molecule has 1 amide bonds. The molecule has 0 aliphatic heterocycles. The number of amides is 1. The number of hydrogen-bond donors (Lipinski definition) is 1. The monoisotopic (exact) mass is 368 g/mol. The summed E-state index contributed by atoms with van der Waals surface area (Å²) < 4.78 is 0.445. The van der Waals surface area contributed by atoms with E-state index in [1.54, 1.807) is 0 Å². The summed E-state index contributed by atoms with van der Waals surface area (Å²) in [4.78, 5) is 23.9. The van der Waals surface area contributed by atoms with Crippen LogP contribution in [0.3, 0.4) is 0 Å². The van der Waals surface area contributed by atoms with Crippen LogP contribution in [0.4, 0.5) is 0 Å². The SMILES string of the molecule is CCCCCC[N+](CCCCCC)(CCCCCC)C(=O)/C=C\C(=O)O. The van der Waals surface area contributed by atoms with E-state index in [-0.39, 0.29) is 5.91 Å². The van der Waals surface area contributed by atoms with Crippen LogP contribution in [0, 0.1) is 0 Å². The molecule has 0 spiro atoms. The first kappa shape index (κ1) is 24.8. The van der Waals surface area contributed by atoms with Gasteiger partial charge in [0.05, 0.1) is 19.6 Å². The molecule has 0 aromatic heterocycles. The fourth-order valence-electron chi connectivity index (χ4n) is 3.49. The van der Waals surface area contributed by atoms with Gasteiger partial charge in [0.2, 0.25) is 0 Å². The van der Waals surface area contributed by atoms with Gasteiger partial charge in [0, 0.05) is 12.2 Å². The highest BCUT2D eigenvalue weighted by Gasteiger charge is 2.33. The average Bonchev–Trinajstić information content (AvgIpc) is 2.63. The van der Waals surface area contributed by atoms with Crippen LogP contribution < -0.4 is 0 Å². The Morgan fingerprint density at radius 1 is 0.654 bits per heavy atom. The molecule has 1 N–H and O–H groups in total. The van der Waals surface area contributed by atoms with E-state index < -0.39 is 5.97 Å². The summed E-state index contributed by atoms with van der Waals surface area (Å²) in [5.74, 6) is -1.06. The van der Waals surface area contributed by atoms with Crippen molar-refractivity contribution < 1.29 is 19.2 Å². The number of carboxylic acid groups (broad SMARTS) is 1. The predicted octanol–water partition coefficient (Wildman–Crippen LogP) is 5.71. The van der Waals surface area contributed by atoms with E-state index in [0.29, 0.717) is 4.48 Å². The van der Waals surface area contributed by atoms with Crippen molar-refractivity contribution in [2.45, 2.75) is 97.8 Å². The van der Waals surface area contributed by atoms with Gasteiger partial charge in [0.1, 0.15) is 0 Å². The zero-order chi connectivity index (χ0) is 19.7. The molecule has 0 fully saturated rings. The Labute approximate surface area is 161 Å². The van der Waals surface area contributed by atoms with Crippen molar-refractivity contribution >= 4 is 11.9 Å². The van der Waals surface area contributed by atoms with E-state index in [0.717, 1.165) is 64.2 Å². The van der Waals surface area contributed by atoms with E-state index in [1.807, 2.05) is 0 Å². The minimum Gasteiger partial charge on any atom is -0.478 e. The third-order valence-electron chi connectivity index (χ3n) is 5.16. The summed E-state index contributed by atoms with van der Waals surface area (Å²) in [7, 11) is 0. The number of carboxylic acids is 1. The fraction of sp³-hybridized carbons (Fsp3) is 0.818. The molecule has 0 unspecified atom stereocenters. The number of unbranched alkanes of at least 4 members (excludes halogenated alkanes) is 9. The van der Waals surface area contributed by atoms with Crippen molar-refractivity contribution in [2.24, 2.45) is 0 Å². The van der Waals surface area contributed by atoms with Crippen molar-refractivity contribution in [2.75, 3.05) is 19.6 Å². The van der Waals surface area contributed by atoms with Crippen molar-refractivity contribution in [3.63, 3.8) is 0 Å². The first-order valence-corrected chi connectivity index (χ1v) is 10.8. The summed E-state index contributed by atoms with van der Waals surface area (Å²) in [6.45, 7) is 9.12. The summed E-state index contributed by atoms with van der Waals surface area (Å²) in [6, 6.07) is 0. The van der Waals surface area contributed by atoms with E-state index in [1.165, 1.54) is 44.6 Å². The van der Waals surface area contributed by atoms with Crippen molar-refractivity contribution in [1.29, 1.82) is 0 Å². The minimum atomic E-state index is -1.04. The van der Waals surface area contributed by atoms with E-state index >= 15 is 0 Å². The standard InChI is InChI=1S/C22H41NO3/c1-4-7-10-13-18-23(19-14-11-8-5-2,20-15-12-9-6-3)21(24)16-17-22(25)26/h16-17H,4-15,18-20H2,1-3H3/p+1/b17-16-. The number of nitrogens with zero attached hydrogens (tertiary/aromatic N) is 1. The van der Waals surface area contributed by atoms with Gasteiger partial charge in [-0.05, 0) is 38.5 Å². The van der Waals surface area contributed by atoms with Crippen molar-refractivity contribution in [3.05, 3.63) is 12.2 Å². The number of carbonyl (C=O) groups excluding carboxylic acids is 1. The molecule has 0 atom stereocenters. The van der Waals surface area contributed by atoms with E-state index in [2.05, 4.69) is 20.8 Å². The topological polar surface area (TPSA) is 54.4 Å². The molecule has 0 saturated heterocycles. The van der Waals surface area contributed by atoms with Gasteiger partial charge < -0.3 is 5.11 Å². The maximum Gasteiger partial charge on any atom is 0.338 e. The molecule has 0 aliphatic rings. The van der Waals surface area contributed by atoms with Gasteiger partial charge in [-0.1, -0.05) is 59.3 Å². The molecule has 0 aromatic rings. The lowest BCUT2D eigenvalue weighted by Crippen LogP contribution is -2.54. The quantitative estimate of drug-likeness (QED) is 0.203. The summed E-state index contributed by atoms with van der Waals surface area (Å²) in [5.41, 5.74) is 0. The first-order valence-electron chi connectivity index (χ1n) is 10.8. The maximum absolute atomic E-state index is 13.0. The Hall–Kier alpha value is -1.16. The Bertz CT molecular complexity index is 373. The molecular weight excluding hydrogens is 326 g/mol. The summed E-state index contributed by atoms with van der Waals surface area (Å²) in [5, 5.41) is 8.92. The van der Waals surface area contributed by atoms with Crippen LogP contribution in [-0.4, -0.2) is 41.1 Å². The number of quaternary nitrogens is 1. The van der Waals surface area contributed by atoms with Crippen LogP contribution in [0.2, 0.25) is 0 Å². The summed E-state index contributed by atoms with van der Waals surface area (Å²) in [6.07, 6.45) is 16.0. The van der Waals surface area contributed by atoms with E-state index in [9.17, 15) is 9.59 Å². The van der Waals surface area contributed by atoms with Crippen LogP contribution in [-0.2, 0) is 9.59 Å². The Balaban J connectivity index is 5.14. The average molecular weight is 369 g/mol. The lowest BCUT2D eigenvalue weighted by molar-refractivity contribution is -0.853. The molecule has 0 aliphatic carbocycles. The molecular formula is C22H42NO3+. The van der Waals surface area contributed by atoms with Gasteiger partial charge in [-0.15, -0.1) is 0 Å². The fourth-order valence-corrected chi connectivity index (χ4v) is 3.49. The highest BCUT2D eigenvalue weighted by Crippen LogP contribution is 2.19. The molecule has 0 bridgehead atoms. The van der Waals surface area contributed by atoms with Crippen LogP contribution in [0.5, 0.6) is 0 Å². The van der Waals surface area contributed by atoms with Crippen LogP contribution >= 0.6 is 0 Å². The number of carbonyl (C=O) groups is 2. The second-order valence-corrected chi connectivity index (χ2v) is 7.51. The zero-order valence-electron chi connectivity index (χ0n) is 17.5. The second kappa shape index (κ2) is 16.0. The molecule has 0 aromatic carbocycles. The number of aliphatic carboxylic acids is 1. The molecule has 4 nitrogen and oxygen atoms in total. The molecule has 0 radical (unpaired) electrons. The normalized spacial score (nSPS) is 12.0. The minimum absolute atomic E-state index is 0.0168. The third kappa shape index (κ3) is 11.5. The predicted molar refractivity (Wildman–Crippen MR) is 109 cm³/mol.